The number of ether oxygens (including phenoxy) is 2. The Balaban J connectivity index is 2.44. The molecule has 0 bridgehead atoms. The summed E-state index contributed by atoms with van der Waals surface area (Å²) in [7, 11) is 2.27. The van der Waals surface area contributed by atoms with Gasteiger partial charge < -0.3 is 18.7 Å². The van der Waals surface area contributed by atoms with Gasteiger partial charge in [0.1, 0.15) is 11.7 Å². The van der Waals surface area contributed by atoms with E-state index >= 15 is 0 Å². The van der Waals surface area contributed by atoms with Crippen LogP contribution < -0.4 is 0 Å². The number of hydrogen-bond donors (Lipinski definition) is 0. The van der Waals surface area contributed by atoms with Gasteiger partial charge in [0.2, 0.25) is 0 Å². The first-order valence-corrected chi connectivity index (χ1v) is 5.30. The molecule has 0 spiro atoms. The van der Waals surface area contributed by atoms with Crippen molar-refractivity contribution in [2.75, 3.05) is 14.2 Å². The molecule has 102 valence electrons. The summed E-state index contributed by atoms with van der Waals surface area (Å²) in [5, 5.41) is 11.6. The molecule has 1 aromatic rings. The standard InChI is InChI=1S/C11H11NO7/c1-16-10(13)8-7(6-4-3-5-18-6)9(11(14)17-2)19-12(8)15/h3-5,7,9H,1-2H3/t7-,9-/m1/s1. The number of nitrogens with zero attached hydrogens (tertiary/aromatic N) is 1. The van der Waals surface area contributed by atoms with Crippen LogP contribution in [0.2, 0.25) is 0 Å². The summed E-state index contributed by atoms with van der Waals surface area (Å²) < 4.78 is 14.2. The molecule has 0 radical (unpaired) electrons. The second-order valence-electron chi connectivity index (χ2n) is 3.68. The summed E-state index contributed by atoms with van der Waals surface area (Å²) in [6.07, 6.45) is 0.0641. The van der Waals surface area contributed by atoms with E-state index in [0.717, 1.165) is 14.2 Å². The Morgan fingerprint density at radius 1 is 1.37 bits per heavy atom. The van der Waals surface area contributed by atoms with Crippen molar-refractivity contribution in [1.29, 1.82) is 0 Å². The lowest BCUT2D eigenvalue weighted by Crippen LogP contribution is -2.33. The highest BCUT2D eigenvalue weighted by Crippen LogP contribution is 2.30. The minimum atomic E-state index is -1.29. The number of rotatable bonds is 3. The van der Waals surface area contributed by atoms with Crippen molar-refractivity contribution in [1.82, 2.24) is 0 Å². The quantitative estimate of drug-likeness (QED) is 0.561. The van der Waals surface area contributed by atoms with E-state index in [2.05, 4.69) is 9.47 Å². The summed E-state index contributed by atoms with van der Waals surface area (Å²) in [6.45, 7) is 0. The predicted octanol–water partition coefficient (Wildman–Crippen LogP) is -0.0257. The van der Waals surface area contributed by atoms with Crippen LogP contribution in [0.4, 0.5) is 0 Å². The Kier molecular flexibility index (Phi) is 3.41. The maximum atomic E-state index is 11.6. The lowest BCUT2D eigenvalue weighted by atomic mass is 9.94. The number of carbonyl (C=O) groups is 2. The van der Waals surface area contributed by atoms with Crippen LogP contribution in [0.25, 0.3) is 0 Å². The monoisotopic (exact) mass is 269 g/mol. The van der Waals surface area contributed by atoms with E-state index in [1.165, 1.54) is 12.3 Å². The highest BCUT2D eigenvalue weighted by atomic mass is 16.9. The van der Waals surface area contributed by atoms with Gasteiger partial charge in [-0.05, 0) is 12.1 Å². The third-order valence-corrected chi connectivity index (χ3v) is 2.68. The van der Waals surface area contributed by atoms with Crippen LogP contribution in [0.1, 0.15) is 11.7 Å². The third-order valence-electron chi connectivity index (χ3n) is 2.68. The smallest absolute Gasteiger partial charge is 0.405 e. The molecule has 0 saturated carbocycles. The number of methoxy groups -OCH3 is 2. The summed E-state index contributed by atoms with van der Waals surface area (Å²) in [4.78, 5) is 28.0. The van der Waals surface area contributed by atoms with Crippen molar-refractivity contribution < 1.29 is 33.2 Å². The second-order valence-corrected chi connectivity index (χ2v) is 3.68. The van der Waals surface area contributed by atoms with Gasteiger partial charge in [-0.1, -0.05) is 0 Å². The number of carbonyl (C=O) groups excluding carboxylic acids is 2. The lowest BCUT2D eigenvalue weighted by Gasteiger charge is -2.14. The molecule has 1 aromatic heterocycles. The number of esters is 2. The first-order valence-electron chi connectivity index (χ1n) is 5.30. The Morgan fingerprint density at radius 3 is 2.63 bits per heavy atom. The van der Waals surface area contributed by atoms with Gasteiger partial charge in [0.15, 0.2) is 6.10 Å². The molecule has 0 N–H and O–H groups in total. The molecule has 2 rings (SSSR count). The first-order chi connectivity index (χ1) is 9.10. The van der Waals surface area contributed by atoms with Crippen LogP contribution in [-0.2, 0) is 23.9 Å². The fourth-order valence-corrected chi connectivity index (χ4v) is 1.83. The maximum absolute atomic E-state index is 11.6. The van der Waals surface area contributed by atoms with Crippen LogP contribution in [0, 0.1) is 5.21 Å². The van der Waals surface area contributed by atoms with Gasteiger partial charge in [-0.3, -0.25) is 10.0 Å². The van der Waals surface area contributed by atoms with E-state index in [-0.39, 0.29) is 16.4 Å². The van der Waals surface area contributed by atoms with Crippen LogP contribution in [0.5, 0.6) is 0 Å². The van der Waals surface area contributed by atoms with Crippen molar-refractivity contribution in [3.8, 4) is 0 Å². The van der Waals surface area contributed by atoms with E-state index in [1.807, 2.05) is 0 Å². The molecule has 0 saturated heterocycles. The molecule has 0 aromatic carbocycles. The topological polar surface area (TPSA) is 101 Å². The molecule has 19 heavy (non-hydrogen) atoms. The fraction of sp³-hybridized carbons (Fsp3) is 0.364. The summed E-state index contributed by atoms with van der Waals surface area (Å²) in [5.74, 6) is -2.47. The molecule has 8 nitrogen and oxygen atoms in total. The van der Waals surface area contributed by atoms with Gasteiger partial charge in [0.05, 0.1) is 25.4 Å². The van der Waals surface area contributed by atoms with Crippen molar-refractivity contribution >= 4 is 17.7 Å². The van der Waals surface area contributed by atoms with Crippen LogP contribution >= 0.6 is 0 Å². The Hall–Kier alpha value is -2.51. The molecular weight excluding hydrogens is 258 g/mol. The van der Waals surface area contributed by atoms with E-state index in [4.69, 9.17) is 9.25 Å². The highest BCUT2D eigenvalue weighted by Gasteiger charge is 2.51. The molecular formula is C11H11NO7. The average molecular weight is 269 g/mol. The molecule has 0 amide bonds. The predicted molar refractivity (Wildman–Crippen MR) is 59.0 cm³/mol. The van der Waals surface area contributed by atoms with Crippen molar-refractivity contribution in [3.05, 3.63) is 29.4 Å². The van der Waals surface area contributed by atoms with Gasteiger partial charge in [-0.15, -0.1) is 0 Å². The molecule has 1 aliphatic rings. The number of hydrogen-bond acceptors (Lipinski definition) is 7. The number of furan rings is 1. The van der Waals surface area contributed by atoms with E-state index < -0.39 is 24.0 Å². The van der Waals surface area contributed by atoms with Gasteiger partial charge >= 0.3 is 17.7 Å². The highest BCUT2D eigenvalue weighted by molar-refractivity contribution is 6.37. The van der Waals surface area contributed by atoms with E-state index in [0.29, 0.717) is 0 Å². The average Bonchev–Trinajstić information content (AvgIpc) is 3.03. The molecule has 2 atom stereocenters. The normalized spacial score (nSPS) is 22.0. The molecule has 8 heteroatoms. The van der Waals surface area contributed by atoms with Crippen LogP contribution in [-0.4, -0.2) is 42.9 Å². The summed E-state index contributed by atoms with van der Waals surface area (Å²) in [6, 6.07) is 3.08. The minimum Gasteiger partial charge on any atom is -0.468 e. The molecule has 0 unspecified atom stereocenters. The molecule has 2 heterocycles. The molecule has 1 aliphatic heterocycles. The van der Waals surface area contributed by atoms with Gasteiger partial charge in [0.25, 0.3) is 0 Å². The first kappa shape index (κ1) is 12.9. The van der Waals surface area contributed by atoms with Gasteiger partial charge in [-0.25, -0.2) is 4.79 Å². The summed E-state index contributed by atoms with van der Waals surface area (Å²) >= 11 is 0. The maximum Gasteiger partial charge on any atom is 0.405 e. The fourth-order valence-electron chi connectivity index (χ4n) is 1.83. The minimum absolute atomic E-state index is 0.0411. The van der Waals surface area contributed by atoms with Gasteiger partial charge in [0, 0.05) is 0 Å². The Bertz CT molecular complexity index is 519. The third kappa shape index (κ3) is 2.12. The van der Waals surface area contributed by atoms with Crippen LogP contribution in [0.3, 0.4) is 0 Å². The zero-order chi connectivity index (χ0) is 14.0. The zero-order valence-electron chi connectivity index (χ0n) is 10.2. The SMILES string of the molecule is COC(=O)C1=[N+]([O-])O[C@@H](C(=O)OC)[C@@H]1c1ccco1. The zero-order valence-corrected chi connectivity index (χ0v) is 10.2. The second kappa shape index (κ2) is 5.01. The van der Waals surface area contributed by atoms with Crippen molar-refractivity contribution in [2.24, 2.45) is 0 Å². The van der Waals surface area contributed by atoms with E-state index in [1.54, 1.807) is 6.07 Å². The lowest BCUT2D eigenvalue weighted by molar-refractivity contribution is -0.736. The Morgan fingerprint density at radius 2 is 2.11 bits per heavy atom. The molecule has 0 aliphatic carbocycles. The largest absolute Gasteiger partial charge is 0.468 e. The van der Waals surface area contributed by atoms with Crippen LogP contribution in [0.15, 0.2) is 22.8 Å². The van der Waals surface area contributed by atoms with Gasteiger partial charge in [-0.2, -0.15) is 0 Å². The molecule has 0 fully saturated rings. The summed E-state index contributed by atoms with van der Waals surface area (Å²) in [5.41, 5.74) is -0.368. The van der Waals surface area contributed by atoms with Crippen molar-refractivity contribution in [3.63, 3.8) is 0 Å². The Labute approximate surface area is 107 Å². The van der Waals surface area contributed by atoms with Crippen molar-refractivity contribution in [2.45, 2.75) is 12.0 Å². The van der Waals surface area contributed by atoms with E-state index in [9.17, 15) is 14.8 Å².